The van der Waals surface area contributed by atoms with Crippen LogP contribution in [-0.2, 0) is 11.3 Å². The molecule has 1 heterocycles. The molecule has 0 saturated heterocycles. The number of likely N-dealkylation sites (N-methyl/N-ethyl adjacent to an activating group) is 1. The van der Waals surface area contributed by atoms with Crippen LogP contribution in [0.5, 0.6) is 0 Å². The van der Waals surface area contributed by atoms with Crippen LogP contribution in [-0.4, -0.2) is 48.2 Å². The molecule has 0 aliphatic rings. The first-order valence-corrected chi connectivity index (χ1v) is 6.50. The Morgan fingerprint density at radius 3 is 2.78 bits per heavy atom. The lowest BCUT2D eigenvalue weighted by Crippen LogP contribution is -2.24. The van der Waals surface area contributed by atoms with E-state index in [1.54, 1.807) is 0 Å². The zero-order valence-corrected chi connectivity index (χ0v) is 11.9. The molecule has 0 spiro atoms. The van der Waals surface area contributed by atoms with Gasteiger partial charge >= 0.3 is 0 Å². The fourth-order valence-electron chi connectivity index (χ4n) is 1.66. The van der Waals surface area contributed by atoms with Crippen molar-refractivity contribution >= 4 is 5.82 Å². The predicted octanol–water partition coefficient (Wildman–Crippen LogP) is 1.69. The lowest BCUT2D eigenvalue weighted by atomic mass is 10.4. The van der Waals surface area contributed by atoms with E-state index in [9.17, 15) is 0 Å². The van der Waals surface area contributed by atoms with Crippen molar-refractivity contribution in [1.29, 1.82) is 0 Å². The van der Waals surface area contributed by atoms with E-state index in [2.05, 4.69) is 34.2 Å². The third-order valence-corrected chi connectivity index (χ3v) is 2.49. The van der Waals surface area contributed by atoms with Crippen LogP contribution in [0.3, 0.4) is 0 Å². The van der Waals surface area contributed by atoms with Crippen LogP contribution >= 0.6 is 0 Å². The first kappa shape index (κ1) is 14.9. The van der Waals surface area contributed by atoms with Gasteiger partial charge in [-0.05, 0) is 27.8 Å². The van der Waals surface area contributed by atoms with Crippen molar-refractivity contribution in [2.75, 3.05) is 38.7 Å². The summed E-state index contributed by atoms with van der Waals surface area (Å²) in [4.78, 5) is 11.1. The highest BCUT2D eigenvalue weighted by Gasteiger charge is 2.05. The van der Waals surface area contributed by atoms with Gasteiger partial charge in [0.15, 0.2) is 0 Å². The third kappa shape index (κ3) is 5.42. The quantitative estimate of drug-likeness (QED) is 0.713. The molecule has 5 nitrogen and oxygen atoms in total. The van der Waals surface area contributed by atoms with Crippen LogP contribution < -0.4 is 5.32 Å². The molecule has 102 valence electrons. The molecule has 5 heteroatoms. The molecule has 0 atom stereocenters. The second kappa shape index (κ2) is 8.00. The number of nitrogens with one attached hydrogen (secondary N) is 1. The molecule has 1 N–H and O–H groups in total. The smallest absolute Gasteiger partial charge is 0.144 e. The Bertz CT molecular complexity index is 357. The summed E-state index contributed by atoms with van der Waals surface area (Å²) >= 11 is 0. The van der Waals surface area contributed by atoms with Crippen molar-refractivity contribution in [3.8, 4) is 0 Å². The Labute approximate surface area is 110 Å². The molecule has 0 amide bonds. The molecule has 0 unspecified atom stereocenters. The maximum absolute atomic E-state index is 5.33. The highest BCUT2D eigenvalue weighted by atomic mass is 16.5. The van der Waals surface area contributed by atoms with Crippen LogP contribution in [0.15, 0.2) is 6.07 Å². The van der Waals surface area contributed by atoms with E-state index in [4.69, 9.17) is 4.74 Å². The highest BCUT2D eigenvalue weighted by molar-refractivity contribution is 5.35. The summed E-state index contributed by atoms with van der Waals surface area (Å²) in [5.41, 5.74) is 0.995. The van der Waals surface area contributed by atoms with Crippen molar-refractivity contribution in [2.45, 2.75) is 27.3 Å². The van der Waals surface area contributed by atoms with E-state index in [1.165, 1.54) is 0 Å². The lowest BCUT2D eigenvalue weighted by Gasteiger charge is -2.16. The summed E-state index contributed by atoms with van der Waals surface area (Å²) < 4.78 is 5.33. The van der Waals surface area contributed by atoms with E-state index < -0.39 is 0 Å². The topological polar surface area (TPSA) is 50.3 Å². The summed E-state index contributed by atoms with van der Waals surface area (Å²) in [5, 5.41) is 3.22. The summed E-state index contributed by atoms with van der Waals surface area (Å²) in [5.74, 6) is 1.75. The van der Waals surface area contributed by atoms with Crippen molar-refractivity contribution in [3.63, 3.8) is 0 Å². The normalized spacial score (nSPS) is 10.9. The maximum atomic E-state index is 5.33. The van der Waals surface area contributed by atoms with Gasteiger partial charge in [0.25, 0.3) is 0 Å². The van der Waals surface area contributed by atoms with Gasteiger partial charge in [-0.2, -0.15) is 0 Å². The van der Waals surface area contributed by atoms with Crippen LogP contribution in [0.4, 0.5) is 5.82 Å². The molecule has 1 aromatic rings. The zero-order valence-electron chi connectivity index (χ0n) is 11.9. The number of rotatable bonds is 8. The summed E-state index contributed by atoms with van der Waals surface area (Å²) in [6, 6.07) is 1.97. The van der Waals surface area contributed by atoms with Crippen molar-refractivity contribution in [2.24, 2.45) is 0 Å². The fourth-order valence-corrected chi connectivity index (χ4v) is 1.66. The third-order valence-electron chi connectivity index (χ3n) is 2.49. The molecule has 1 aromatic heterocycles. The van der Waals surface area contributed by atoms with Crippen molar-refractivity contribution < 1.29 is 4.74 Å². The van der Waals surface area contributed by atoms with Gasteiger partial charge in [0, 0.05) is 31.5 Å². The maximum Gasteiger partial charge on any atom is 0.144 e. The van der Waals surface area contributed by atoms with Gasteiger partial charge in [-0.3, -0.25) is 4.90 Å². The van der Waals surface area contributed by atoms with Gasteiger partial charge in [0.05, 0.1) is 13.2 Å². The molecule has 0 radical (unpaired) electrons. The molecule has 0 aliphatic heterocycles. The summed E-state index contributed by atoms with van der Waals surface area (Å²) in [6.07, 6.45) is 0. The van der Waals surface area contributed by atoms with Gasteiger partial charge in [-0.15, -0.1) is 0 Å². The number of aromatic nitrogens is 2. The fraction of sp³-hybridized carbons (Fsp3) is 0.692. The molecular formula is C13H24N4O. The minimum atomic E-state index is 0.743. The molecule has 1 rings (SSSR count). The Morgan fingerprint density at radius 2 is 2.11 bits per heavy atom. The Hall–Kier alpha value is -1.20. The molecular weight excluding hydrogens is 228 g/mol. The number of nitrogens with zero attached hydrogens (tertiary/aromatic N) is 3. The monoisotopic (exact) mass is 252 g/mol. The predicted molar refractivity (Wildman–Crippen MR) is 73.8 cm³/mol. The molecule has 0 aromatic carbocycles. The Kier molecular flexibility index (Phi) is 6.60. The van der Waals surface area contributed by atoms with E-state index in [1.807, 2.05) is 19.9 Å². The highest BCUT2D eigenvalue weighted by Crippen LogP contribution is 2.07. The molecule has 18 heavy (non-hydrogen) atoms. The number of anilines is 1. The lowest BCUT2D eigenvalue weighted by molar-refractivity contribution is 0.119. The molecule has 0 bridgehead atoms. The number of hydrogen-bond acceptors (Lipinski definition) is 5. The van der Waals surface area contributed by atoms with Crippen LogP contribution in [0, 0.1) is 6.92 Å². The average Bonchev–Trinajstić information content (AvgIpc) is 2.28. The first-order valence-electron chi connectivity index (χ1n) is 6.50. The van der Waals surface area contributed by atoms with Crippen LogP contribution in [0.2, 0.25) is 0 Å². The van der Waals surface area contributed by atoms with Crippen LogP contribution in [0.1, 0.15) is 25.4 Å². The summed E-state index contributed by atoms with van der Waals surface area (Å²) in [6.45, 7) is 10.1. The molecule has 0 saturated carbocycles. The van der Waals surface area contributed by atoms with Crippen molar-refractivity contribution in [1.82, 2.24) is 14.9 Å². The number of ether oxygens (including phenoxy) is 1. The zero-order chi connectivity index (χ0) is 13.4. The second-order valence-electron chi connectivity index (χ2n) is 4.28. The second-order valence-corrected chi connectivity index (χ2v) is 4.28. The standard InChI is InChI=1S/C13H24N4O/c1-5-14-12-9-11(3)15-13(16-12)10-17(4)7-8-18-6-2/h9H,5-8,10H2,1-4H3,(H,14,15,16). The van der Waals surface area contributed by atoms with E-state index in [0.29, 0.717) is 0 Å². The van der Waals surface area contributed by atoms with Gasteiger partial charge < -0.3 is 10.1 Å². The first-order chi connectivity index (χ1) is 8.65. The van der Waals surface area contributed by atoms with E-state index in [-0.39, 0.29) is 0 Å². The summed E-state index contributed by atoms with van der Waals surface area (Å²) in [7, 11) is 2.05. The molecule has 0 fully saturated rings. The Morgan fingerprint density at radius 1 is 1.33 bits per heavy atom. The van der Waals surface area contributed by atoms with Crippen molar-refractivity contribution in [3.05, 3.63) is 17.6 Å². The van der Waals surface area contributed by atoms with Gasteiger partial charge in [0.1, 0.15) is 11.6 Å². The molecule has 0 aliphatic carbocycles. The van der Waals surface area contributed by atoms with Gasteiger partial charge in [0.2, 0.25) is 0 Å². The van der Waals surface area contributed by atoms with Gasteiger partial charge in [-0.25, -0.2) is 9.97 Å². The van der Waals surface area contributed by atoms with E-state index >= 15 is 0 Å². The minimum Gasteiger partial charge on any atom is -0.380 e. The van der Waals surface area contributed by atoms with Crippen LogP contribution in [0.25, 0.3) is 0 Å². The largest absolute Gasteiger partial charge is 0.380 e. The average molecular weight is 252 g/mol. The minimum absolute atomic E-state index is 0.743. The SMILES string of the molecule is CCNc1cc(C)nc(CN(C)CCOCC)n1. The number of hydrogen-bond donors (Lipinski definition) is 1. The number of aryl methyl sites for hydroxylation is 1. The van der Waals surface area contributed by atoms with E-state index in [0.717, 1.165) is 50.2 Å². The van der Waals surface area contributed by atoms with Gasteiger partial charge in [-0.1, -0.05) is 0 Å². The Balaban J connectivity index is 2.54.